The van der Waals surface area contributed by atoms with Crippen molar-refractivity contribution in [1.82, 2.24) is 15.4 Å². The van der Waals surface area contributed by atoms with Crippen LogP contribution in [0.2, 0.25) is 0 Å². The van der Waals surface area contributed by atoms with Gasteiger partial charge in [0, 0.05) is 37.7 Å². The zero-order valence-corrected chi connectivity index (χ0v) is 20.5. The molecule has 35 heavy (non-hydrogen) atoms. The minimum absolute atomic E-state index is 0.0280. The summed E-state index contributed by atoms with van der Waals surface area (Å²) in [5.74, 6) is 0.0761. The molecule has 0 radical (unpaired) electrons. The van der Waals surface area contributed by atoms with Crippen LogP contribution < -0.4 is 20.1 Å². The summed E-state index contributed by atoms with van der Waals surface area (Å²) in [4.78, 5) is 13.2. The molecule has 1 heterocycles. The van der Waals surface area contributed by atoms with E-state index in [4.69, 9.17) is 4.74 Å². The Balaban J connectivity index is 1.39. The van der Waals surface area contributed by atoms with Gasteiger partial charge in [-0.1, -0.05) is 66.7 Å². The monoisotopic (exact) mass is 493 g/mol. The summed E-state index contributed by atoms with van der Waals surface area (Å²) in [5, 5.41) is 6.31. The molecule has 1 fully saturated rings. The molecule has 1 saturated heterocycles. The van der Waals surface area contributed by atoms with Gasteiger partial charge in [0.25, 0.3) is 0 Å². The third kappa shape index (κ3) is 6.48. The molecule has 2 unspecified atom stereocenters. The molecule has 8 heteroatoms. The summed E-state index contributed by atoms with van der Waals surface area (Å²) >= 11 is 0. The lowest BCUT2D eigenvalue weighted by Crippen LogP contribution is -2.52. The molecule has 1 amide bonds. The van der Waals surface area contributed by atoms with Crippen LogP contribution in [0.1, 0.15) is 23.5 Å². The second kappa shape index (κ2) is 11.5. The first kappa shape index (κ1) is 24.9. The second-order valence-electron chi connectivity index (χ2n) is 8.71. The minimum atomic E-state index is -3.74. The normalized spacial score (nSPS) is 18.2. The number of methoxy groups -OCH3 is 1. The van der Waals surface area contributed by atoms with Crippen LogP contribution in [0, 0.1) is 5.92 Å². The maximum Gasteiger partial charge on any atom is 0.240 e. The van der Waals surface area contributed by atoms with Crippen molar-refractivity contribution in [3.63, 3.8) is 0 Å². The maximum atomic E-state index is 13.1. The number of piperidine rings is 1. The van der Waals surface area contributed by atoms with Crippen LogP contribution in [0.15, 0.2) is 89.8 Å². The van der Waals surface area contributed by atoms with Gasteiger partial charge in [0.1, 0.15) is 5.75 Å². The minimum Gasteiger partial charge on any atom is -0.497 e. The molecule has 4 rings (SSSR count). The van der Waals surface area contributed by atoms with Gasteiger partial charge in [0.15, 0.2) is 0 Å². The Morgan fingerprint density at radius 2 is 1.63 bits per heavy atom. The Hall–Kier alpha value is -3.20. The number of ether oxygens (including phenoxy) is 1. The zero-order chi connectivity index (χ0) is 24.7. The van der Waals surface area contributed by atoms with E-state index >= 15 is 0 Å². The number of hydrogen-bond donors (Lipinski definition) is 3. The van der Waals surface area contributed by atoms with Crippen LogP contribution in [0.4, 0.5) is 0 Å². The van der Waals surface area contributed by atoms with Gasteiger partial charge in [0.05, 0.1) is 17.9 Å². The molecule has 0 bridgehead atoms. The lowest BCUT2D eigenvalue weighted by molar-refractivity contribution is -0.125. The quantitative estimate of drug-likeness (QED) is 0.426. The molecular weight excluding hydrogens is 462 g/mol. The first-order valence-corrected chi connectivity index (χ1v) is 13.2. The smallest absolute Gasteiger partial charge is 0.240 e. The van der Waals surface area contributed by atoms with Crippen LogP contribution in [-0.2, 0) is 14.8 Å². The fraction of sp³-hybridized carbons (Fsp3) is 0.296. The van der Waals surface area contributed by atoms with Gasteiger partial charge in [-0.25, -0.2) is 13.1 Å². The molecule has 1 aliphatic rings. The fourth-order valence-corrected chi connectivity index (χ4v) is 5.72. The van der Waals surface area contributed by atoms with Crippen molar-refractivity contribution in [2.75, 3.05) is 26.7 Å². The highest BCUT2D eigenvalue weighted by molar-refractivity contribution is 7.89. The number of amides is 1. The predicted molar refractivity (Wildman–Crippen MR) is 136 cm³/mol. The third-order valence-corrected chi connectivity index (χ3v) is 7.80. The van der Waals surface area contributed by atoms with Gasteiger partial charge in [-0.15, -0.1) is 0 Å². The summed E-state index contributed by atoms with van der Waals surface area (Å²) < 4.78 is 33.6. The number of hydrogen-bond acceptors (Lipinski definition) is 5. The highest BCUT2D eigenvalue weighted by Crippen LogP contribution is 2.24. The van der Waals surface area contributed by atoms with E-state index in [2.05, 4.69) is 39.6 Å². The van der Waals surface area contributed by atoms with E-state index in [1.54, 1.807) is 12.1 Å². The highest BCUT2D eigenvalue weighted by Gasteiger charge is 2.30. The van der Waals surface area contributed by atoms with Gasteiger partial charge >= 0.3 is 0 Å². The first-order chi connectivity index (χ1) is 17.0. The molecule has 3 aromatic rings. The first-order valence-electron chi connectivity index (χ1n) is 11.7. The Labute approximate surface area is 207 Å². The van der Waals surface area contributed by atoms with Gasteiger partial charge < -0.3 is 15.4 Å². The Morgan fingerprint density at radius 1 is 0.971 bits per heavy atom. The van der Waals surface area contributed by atoms with Gasteiger partial charge in [-0.05, 0) is 29.7 Å². The molecule has 0 spiro atoms. The van der Waals surface area contributed by atoms with Crippen molar-refractivity contribution >= 4 is 15.9 Å². The molecule has 3 N–H and O–H groups in total. The number of carbonyl (C=O) groups excluding carboxylic acids is 1. The molecule has 184 valence electrons. The zero-order valence-electron chi connectivity index (χ0n) is 19.7. The second-order valence-corrected chi connectivity index (χ2v) is 10.4. The molecule has 3 aromatic carbocycles. The predicted octanol–water partition coefficient (Wildman–Crippen LogP) is 2.90. The van der Waals surface area contributed by atoms with Gasteiger partial charge in [-0.3, -0.25) is 4.79 Å². The number of benzene rings is 3. The Morgan fingerprint density at radius 3 is 2.26 bits per heavy atom. The molecule has 2 atom stereocenters. The Bertz CT molecular complexity index is 1180. The van der Waals surface area contributed by atoms with Gasteiger partial charge in [0.2, 0.25) is 15.9 Å². The van der Waals surface area contributed by atoms with Crippen LogP contribution in [0.3, 0.4) is 0 Å². The summed E-state index contributed by atoms with van der Waals surface area (Å²) in [5.41, 5.74) is 2.26. The molecule has 1 aliphatic heterocycles. The van der Waals surface area contributed by atoms with E-state index in [1.807, 2.05) is 36.4 Å². The van der Waals surface area contributed by atoms with Gasteiger partial charge in [-0.2, -0.15) is 0 Å². The van der Waals surface area contributed by atoms with Crippen molar-refractivity contribution < 1.29 is 17.9 Å². The van der Waals surface area contributed by atoms with E-state index in [0.717, 1.165) is 11.1 Å². The summed E-state index contributed by atoms with van der Waals surface area (Å²) in [7, 11) is -2.25. The van der Waals surface area contributed by atoms with Crippen molar-refractivity contribution in [3.8, 4) is 5.75 Å². The van der Waals surface area contributed by atoms with E-state index in [-0.39, 0.29) is 22.6 Å². The maximum absolute atomic E-state index is 13.1. The van der Waals surface area contributed by atoms with Crippen LogP contribution >= 0.6 is 0 Å². The van der Waals surface area contributed by atoms with E-state index in [9.17, 15) is 13.2 Å². The van der Waals surface area contributed by atoms with Crippen LogP contribution in [-0.4, -0.2) is 47.1 Å². The Kier molecular flexibility index (Phi) is 8.17. The third-order valence-electron chi connectivity index (χ3n) is 6.28. The molecular formula is C27H31N3O4S. The number of rotatable bonds is 9. The van der Waals surface area contributed by atoms with E-state index < -0.39 is 16.1 Å². The van der Waals surface area contributed by atoms with Crippen molar-refractivity contribution in [2.45, 2.75) is 23.3 Å². The average Bonchev–Trinajstić information content (AvgIpc) is 2.90. The topological polar surface area (TPSA) is 96.5 Å². The highest BCUT2D eigenvalue weighted by atomic mass is 32.2. The average molecular weight is 494 g/mol. The molecule has 7 nitrogen and oxygen atoms in total. The molecule has 0 aromatic heterocycles. The number of nitrogens with one attached hydrogen (secondary N) is 3. The van der Waals surface area contributed by atoms with E-state index in [1.165, 1.54) is 19.2 Å². The molecule has 0 saturated carbocycles. The van der Waals surface area contributed by atoms with Crippen LogP contribution in [0.5, 0.6) is 5.75 Å². The summed E-state index contributed by atoms with van der Waals surface area (Å²) in [6.07, 6.45) is 0.420. The van der Waals surface area contributed by atoms with Crippen molar-refractivity contribution in [1.29, 1.82) is 0 Å². The fourth-order valence-electron chi connectivity index (χ4n) is 4.43. The SMILES string of the molecule is COc1cccc(S(=O)(=O)NC2CNCC(C(=O)NCC(c3ccccc3)c3ccccc3)C2)c1. The summed E-state index contributed by atoms with van der Waals surface area (Å²) in [6.45, 7) is 1.43. The lowest BCUT2D eigenvalue weighted by Gasteiger charge is -2.30. The number of sulfonamides is 1. The van der Waals surface area contributed by atoms with Crippen molar-refractivity contribution in [3.05, 3.63) is 96.1 Å². The lowest BCUT2D eigenvalue weighted by atomic mass is 9.90. The number of carbonyl (C=O) groups is 1. The summed E-state index contributed by atoms with van der Waals surface area (Å²) in [6, 6.07) is 26.1. The van der Waals surface area contributed by atoms with Crippen LogP contribution in [0.25, 0.3) is 0 Å². The molecule has 0 aliphatic carbocycles. The van der Waals surface area contributed by atoms with E-state index in [0.29, 0.717) is 31.8 Å². The largest absolute Gasteiger partial charge is 0.497 e. The van der Waals surface area contributed by atoms with Crippen molar-refractivity contribution in [2.24, 2.45) is 5.92 Å². The standard InChI is InChI=1S/C27H31N3O4S/c1-34-24-13-8-14-25(16-24)35(32,33)30-23-15-22(17-28-18-23)27(31)29-19-26(20-9-4-2-5-10-20)21-11-6-3-7-12-21/h2-14,16,22-23,26,28,30H,15,17-19H2,1H3,(H,29,31).